The maximum absolute atomic E-state index is 12.1. The Hall–Kier alpha value is -3.71. The number of furan rings is 1. The zero-order valence-corrected chi connectivity index (χ0v) is 23.1. The van der Waals surface area contributed by atoms with E-state index in [0.29, 0.717) is 18.0 Å². The van der Waals surface area contributed by atoms with E-state index in [9.17, 15) is 4.79 Å². The summed E-state index contributed by atoms with van der Waals surface area (Å²) in [6, 6.07) is 18.6. The second kappa shape index (κ2) is 11.6. The molecule has 1 fully saturated rings. The van der Waals surface area contributed by atoms with E-state index in [1.807, 2.05) is 51.1 Å². The van der Waals surface area contributed by atoms with Gasteiger partial charge in [-0.2, -0.15) is 0 Å². The molecular formula is C32H36N2O5. The average Bonchev–Trinajstić information content (AvgIpc) is 3.32. The zero-order valence-electron chi connectivity index (χ0n) is 23.1. The van der Waals surface area contributed by atoms with Crippen LogP contribution in [-0.4, -0.2) is 40.4 Å². The van der Waals surface area contributed by atoms with Gasteiger partial charge in [-0.05, 0) is 57.6 Å². The Morgan fingerprint density at radius 2 is 1.72 bits per heavy atom. The van der Waals surface area contributed by atoms with Crippen LogP contribution in [0.2, 0.25) is 0 Å². The molecule has 0 unspecified atom stereocenters. The van der Waals surface area contributed by atoms with E-state index in [-0.39, 0.29) is 24.8 Å². The van der Waals surface area contributed by atoms with Gasteiger partial charge in [0, 0.05) is 17.5 Å². The summed E-state index contributed by atoms with van der Waals surface area (Å²) in [4.78, 5) is 21.2. The van der Waals surface area contributed by atoms with Crippen LogP contribution in [0.15, 0.2) is 65.3 Å². The molecule has 39 heavy (non-hydrogen) atoms. The smallest absolute Gasteiger partial charge is 0.332 e. The Balaban J connectivity index is 1.43. The van der Waals surface area contributed by atoms with Gasteiger partial charge in [-0.3, -0.25) is 0 Å². The summed E-state index contributed by atoms with van der Waals surface area (Å²) in [5.41, 5.74) is 4.12. The van der Waals surface area contributed by atoms with Crippen LogP contribution in [0.3, 0.4) is 0 Å². The molecule has 1 saturated carbocycles. The molecule has 2 atom stereocenters. The van der Waals surface area contributed by atoms with E-state index in [4.69, 9.17) is 18.6 Å². The van der Waals surface area contributed by atoms with Crippen molar-refractivity contribution in [2.24, 2.45) is 0 Å². The zero-order chi connectivity index (χ0) is 27.4. The second-order valence-electron chi connectivity index (χ2n) is 11.0. The molecule has 204 valence electrons. The van der Waals surface area contributed by atoms with Crippen LogP contribution in [0.25, 0.3) is 33.6 Å². The van der Waals surface area contributed by atoms with Crippen molar-refractivity contribution in [2.75, 3.05) is 6.61 Å². The van der Waals surface area contributed by atoms with E-state index >= 15 is 0 Å². The molecule has 2 aromatic carbocycles. The SMILES string of the molecule is CCc1ccc(-c2c(-c3ccccc3)oc3ncnc(O[C@@H]4CCC[C@H](OCC(=O)OC(C)(C)C)C4)c23)cc1. The third kappa shape index (κ3) is 6.48. The summed E-state index contributed by atoms with van der Waals surface area (Å²) in [5, 5.41) is 0.761. The molecule has 0 aliphatic heterocycles. The first-order valence-electron chi connectivity index (χ1n) is 13.7. The number of nitrogens with zero attached hydrogens (tertiary/aromatic N) is 2. The van der Waals surface area contributed by atoms with Gasteiger partial charge in [0.15, 0.2) is 0 Å². The highest BCUT2D eigenvalue weighted by Crippen LogP contribution is 2.44. The fourth-order valence-corrected chi connectivity index (χ4v) is 5.05. The summed E-state index contributed by atoms with van der Waals surface area (Å²) in [7, 11) is 0. The molecule has 4 aromatic rings. The lowest BCUT2D eigenvalue weighted by Crippen LogP contribution is -2.33. The molecule has 0 bridgehead atoms. The lowest BCUT2D eigenvalue weighted by atomic mass is 9.94. The highest BCUT2D eigenvalue weighted by Gasteiger charge is 2.29. The number of esters is 1. The molecule has 0 radical (unpaired) electrons. The average molecular weight is 529 g/mol. The molecule has 0 N–H and O–H groups in total. The first-order chi connectivity index (χ1) is 18.8. The van der Waals surface area contributed by atoms with Gasteiger partial charge in [0.2, 0.25) is 11.6 Å². The number of benzene rings is 2. The Labute approximate surface area is 229 Å². The summed E-state index contributed by atoms with van der Waals surface area (Å²) >= 11 is 0. The molecule has 7 heteroatoms. The Kier molecular flexibility index (Phi) is 7.98. The summed E-state index contributed by atoms with van der Waals surface area (Å²) in [6.07, 6.45) is 5.61. The van der Waals surface area contributed by atoms with Gasteiger partial charge < -0.3 is 18.6 Å². The number of ether oxygens (including phenoxy) is 3. The molecule has 0 spiro atoms. The van der Waals surface area contributed by atoms with Gasteiger partial charge in [-0.1, -0.05) is 61.5 Å². The standard InChI is InChI=1S/C32H36N2O5/c1-5-21-14-16-22(17-15-21)27-28-30(33-20-34-31(28)38-29(27)23-10-7-6-8-11-23)37-25-13-9-12-24(18-25)36-19-26(35)39-32(2,3)4/h6-8,10-11,14-17,20,24-25H,5,9,12-13,18-19H2,1-4H3/t24-,25+/m0/s1. The van der Waals surface area contributed by atoms with Crippen molar-refractivity contribution in [3.05, 3.63) is 66.5 Å². The maximum atomic E-state index is 12.1. The lowest BCUT2D eigenvalue weighted by molar-refractivity contribution is -0.163. The van der Waals surface area contributed by atoms with Crippen molar-refractivity contribution in [3.63, 3.8) is 0 Å². The van der Waals surface area contributed by atoms with Gasteiger partial charge in [0.1, 0.15) is 35.8 Å². The Morgan fingerprint density at radius 3 is 2.44 bits per heavy atom. The topological polar surface area (TPSA) is 83.7 Å². The highest BCUT2D eigenvalue weighted by molar-refractivity contribution is 6.03. The van der Waals surface area contributed by atoms with Gasteiger partial charge in [0.25, 0.3) is 0 Å². The third-order valence-electron chi connectivity index (χ3n) is 6.85. The number of aryl methyl sites for hydroxylation is 1. The minimum atomic E-state index is -0.533. The first-order valence-corrected chi connectivity index (χ1v) is 13.7. The van der Waals surface area contributed by atoms with Gasteiger partial charge in [-0.15, -0.1) is 0 Å². The highest BCUT2D eigenvalue weighted by atomic mass is 16.6. The monoisotopic (exact) mass is 528 g/mol. The van der Waals surface area contributed by atoms with Gasteiger partial charge >= 0.3 is 5.97 Å². The molecule has 1 aliphatic rings. The van der Waals surface area contributed by atoms with Crippen molar-refractivity contribution in [2.45, 2.75) is 77.6 Å². The molecule has 0 amide bonds. The number of hydrogen-bond donors (Lipinski definition) is 0. The molecule has 5 rings (SSSR count). The van der Waals surface area contributed by atoms with E-state index in [1.165, 1.54) is 11.9 Å². The van der Waals surface area contributed by atoms with Gasteiger partial charge in [-0.25, -0.2) is 14.8 Å². The van der Waals surface area contributed by atoms with Crippen LogP contribution in [0.5, 0.6) is 5.88 Å². The van der Waals surface area contributed by atoms with Gasteiger partial charge in [0.05, 0.1) is 6.10 Å². The van der Waals surface area contributed by atoms with E-state index in [0.717, 1.165) is 53.5 Å². The second-order valence-corrected chi connectivity index (χ2v) is 11.0. The van der Waals surface area contributed by atoms with Crippen molar-refractivity contribution >= 4 is 17.1 Å². The van der Waals surface area contributed by atoms with Crippen LogP contribution in [0, 0.1) is 0 Å². The van der Waals surface area contributed by atoms with E-state index < -0.39 is 5.60 Å². The predicted molar refractivity (Wildman–Crippen MR) is 151 cm³/mol. The fraction of sp³-hybridized carbons (Fsp3) is 0.406. The molecule has 7 nitrogen and oxygen atoms in total. The van der Waals surface area contributed by atoms with Crippen molar-refractivity contribution < 1.29 is 23.4 Å². The summed E-state index contributed by atoms with van der Waals surface area (Å²) in [6.45, 7) is 7.63. The number of fused-ring (bicyclic) bond motifs is 1. The number of hydrogen-bond acceptors (Lipinski definition) is 7. The van der Waals surface area contributed by atoms with Crippen LogP contribution < -0.4 is 4.74 Å². The van der Waals surface area contributed by atoms with Crippen LogP contribution in [0.4, 0.5) is 0 Å². The van der Waals surface area contributed by atoms with Crippen LogP contribution in [0.1, 0.15) is 58.9 Å². The summed E-state index contributed by atoms with van der Waals surface area (Å²) < 4.78 is 24.2. The fourth-order valence-electron chi connectivity index (χ4n) is 5.05. The number of carbonyl (C=O) groups excluding carboxylic acids is 1. The maximum Gasteiger partial charge on any atom is 0.332 e. The predicted octanol–water partition coefficient (Wildman–Crippen LogP) is 7.17. The van der Waals surface area contributed by atoms with Crippen LogP contribution in [-0.2, 0) is 20.7 Å². The number of aromatic nitrogens is 2. The largest absolute Gasteiger partial charge is 0.474 e. The molecule has 0 saturated heterocycles. The minimum absolute atomic E-state index is 0.0630. The Bertz CT molecular complexity index is 1410. The van der Waals surface area contributed by atoms with E-state index in [2.05, 4.69) is 41.2 Å². The molecule has 2 aromatic heterocycles. The third-order valence-corrected chi connectivity index (χ3v) is 6.85. The summed E-state index contributed by atoms with van der Waals surface area (Å²) in [5.74, 6) is 0.884. The molecule has 1 aliphatic carbocycles. The first kappa shape index (κ1) is 26.9. The van der Waals surface area contributed by atoms with Crippen molar-refractivity contribution in [1.29, 1.82) is 0 Å². The van der Waals surface area contributed by atoms with Crippen molar-refractivity contribution in [1.82, 2.24) is 9.97 Å². The molecule has 2 heterocycles. The Morgan fingerprint density at radius 1 is 0.974 bits per heavy atom. The molecular weight excluding hydrogens is 492 g/mol. The number of rotatable bonds is 8. The quantitative estimate of drug-likeness (QED) is 0.224. The minimum Gasteiger partial charge on any atom is -0.474 e. The lowest BCUT2D eigenvalue weighted by Gasteiger charge is -2.29. The number of carbonyl (C=O) groups is 1. The van der Waals surface area contributed by atoms with Crippen molar-refractivity contribution in [3.8, 4) is 28.3 Å². The normalized spacial score (nSPS) is 17.7. The van der Waals surface area contributed by atoms with Crippen LogP contribution >= 0.6 is 0 Å². The van der Waals surface area contributed by atoms with E-state index in [1.54, 1.807) is 0 Å².